The van der Waals surface area contributed by atoms with Gasteiger partial charge in [0.2, 0.25) is 0 Å². The molecule has 0 fully saturated rings. The lowest BCUT2D eigenvalue weighted by molar-refractivity contribution is 0.0902. The third kappa shape index (κ3) is 3.55. The number of aromatic nitrogens is 2. The van der Waals surface area contributed by atoms with Crippen LogP contribution in [0.1, 0.15) is 0 Å². The van der Waals surface area contributed by atoms with Gasteiger partial charge in [0.25, 0.3) is 0 Å². The van der Waals surface area contributed by atoms with E-state index in [4.69, 9.17) is 16.3 Å². The number of hydrogen-bond donors (Lipinski definition) is 0. The molecule has 2 heterocycles. The fraction of sp³-hybridized carbons (Fsp3) is 0.462. The van der Waals surface area contributed by atoms with Crippen molar-refractivity contribution in [2.75, 3.05) is 6.61 Å². The van der Waals surface area contributed by atoms with Gasteiger partial charge in [0.1, 0.15) is 6.73 Å². The minimum Gasteiger partial charge on any atom is -0.361 e. The van der Waals surface area contributed by atoms with Gasteiger partial charge >= 0.3 is 0 Å². The summed E-state index contributed by atoms with van der Waals surface area (Å²) in [5.74, 6) is -0.472. The Kier molecular flexibility index (Phi) is 4.28. The number of rotatable bonds is 5. The summed E-state index contributed by atoms with van der Waals surface area (Å²) in [6, 6.07) is 2.81. The highest BCUT2D eigenvalue weighted by atomic mass is 35.5. The van der Waals surface area contributed by atoms with E-state index in [1.807, 2.05) is 4.57 Å². The van der Waals surface area contributed by atoms with Gasteiger partial charge in [0.15, 0.2) is 11.0 Å². The summed E-state index contributed by atoms with van der Waals surface area (Å²) in [6.07, 6.45) is 3.36. The van der Waals surface area contributed by atoms with Crippen LogP contribution in [0.25, 0.3) is 10.9 Å². The summed E-state index contributed by atoms with van der Waals surface area (Å²) < 4.78 is 21.2. The molecule has 6 heteroatoms. The standard InChI is InChI=1S/C13H18ClFN2OSi/c1-19(2,3)7-6-18-9-17-5-4-10-11(17)8-16-13(14)12(10)15/h4-5,8H,6-7,9H2,1-3H3. The Labute approximate surface area is 118 Å². The minimum atomic E-state index is -1.07. The van der Waals surface area contributed by atoms with Crippen molar-refractivity contribution in [1.29, 1.82) is 0 Å². The summed E-state index contributed by atoms with van der Waals surface area (Å²) in [5, 5.41) is 0.388. The number of ether oxygens (including phenoxy) is 1. The first-order valence-corrected chi connectivity index (χ1v) is 10.3. The van der Waals surface area contributed by atoms with Gasteiger partial charge in [-0.1, -0.05) is 31.2 Å². The molecule has 0 amide bonds. The lowest BCUT2D eigenvalue weighted by atomic mass is 10.3. The van der Waals surface area contributed by atoms with Crippen molar-refractivity contribution < 1.29 is 9.13 Å². The van der Waals surface area contributed by atoms with Crippen LogP contribution >= 0.6 is 11.6 Å². The van der Waals surface area contributed by atoms with Gasteiger partial charge in [-0.25, -0.2) is 9.37 Å². The summed E-state index contributed by atoms with van der Waals surface area (Å²) in [4.78, 5) is 3.83. The SMILES string of the molecule is C[Si](C)(C)CCOCn1ccc2c(F)c(Cl)ncc21. The Morgan fingerprint density at radius 3 is 2.84 bits per heavy atom. The third-order valence-corrected chi connectivity index (χ3v) is 4.92. The number of hydrogen-bond acceptors (Lipinski definition) is 2. The third-order valence-electron chi connectivity index (χ3n) is 2.95. The van der Waals surface area contributed by atoms with Crippen LogP contribution in [0.15, 0.2) is 18.5 Å². The van der Waals surface area contributed by atoms with Crippen LogP contribution in [-0.2, 0) is 11.5 Å². The molecule has 0 bridgehead atoms. The summed E-state index contributed by atoms with van der Waals surface area (Å²) in [5.41, 5.74) is 0.704. The van der Waals surface area contributed by atoms with Crippen molar-refractivity contribution in [3.05, 3.63) is 29.4 Å². The van der Waals surface area contributed by atoms with Crippen molar-refractivity contribution in [1.82, 2.24) is 9.55 Å². The van der Waals surface area contributed by atoms with Gasteiger partial charge in [-0.3, -0.25) is 0 Å². The van der Waals surface area contributed by atoms with Crippen LogP contribution in [0.4, 0.5) is 4.39 Å². The second-order valence-corrected chi connectivity index (χ2v) is 11.8. The average molecular weight is 301 g/mol. The Morgan fingerprint density at radius 2 is 2.16 bits per heavy atom. The molecule has 2 aromatic rings. The quantitative estimate of drug-likeness (QED) is 0.471. The maximum Gasteiger partial charge on any atom is 0.169 e. The van der Waals surface area contributed by atoms with Crippen LogP contribution in [0.2, 0.25) is 30.8 Å². The van der Waals surface area contributed by atoms with Crippen LogP contribution in [0.5, 0.6) is 0 Å². The molecule has 0 saturated carbocycles. The number of nitrogens with zero attached hydrogens (tertiary/aromatic N) is 2. The van der Waals surface area contributed by atoms with E-state index in [0.717, 1.165) is 12.7 Å². The lowest BCUT2D eigenvalue weighted by Crippen LogP contribution is -2.21. The van der Waals surface area contributed by atoms with Gasteiger partial charge in [0, 0.05) is 26.3 Å². The van der Waals surface area contributed by atoms with Gasteiger partial charge in [0.05, 0.1) is 11.7 Å². The van der Waals surface area contributed by atoms with Crippen molar-refractivity contribution >= 4 is 30.6 Å². The van der Waals surface area contributed by atoms with E-state index in [2.05, 4.69) is 24.6 Å². The molecule has 2 rings (SSSR count). The van der Waals surface area contributed by atoms with E-state index >= 15 is 0 Å². The van der Waals surface area contributed by atoms with Gasteiger partial charge in [-0.15, -0.1) is 0 Å². The summed E-state index contributed by atoms with van der Waals surface area (Å²) >= 11 is 5.65. The van der Waals surface area contributed by atoms with Crippen molar-refractivity contribution in [3.63, 3.8) is 0 Å². The molecular formula is C13H18ClFN2OSi. The highest BCUT2D eigenvalue weighted by molar-refractivity contribution is 6.76. The molecule has 3 nitrogen and oxygen atoms in total. The van der Waals surface area contributed by atoms with Gasteiger partial charge in [-0.2, -0.15) is 0 Å². The Balaban J connectivity index is 2.04. The Morgan fingerprint density at radius 1 is 1.42 bits per heavy atom. The molecule has 0 aromatic carbocycles. The minimum absolute atomic E-state index is 0.0927. The van der Waals surface area contributed by atoms with E-state index in [-0.39, 0.29) is 5.15 Å². The zero-order valence-corrected chi connectivity index (χ0v) is 13.2. The Hall–Kier alpha value is -0.913. The fourth-order valence-corrected chi connectivity index (χ4v) is 2.66. The first-order valence-electron chi connectivity index (χ1n) is 6.25. The summed E-state index contributed by atoms with van der Waals surface area (Å²) in [6.45, 7) is 8.07. The van der Waals surface area contributed by atoms with Crippen molar-refractivity contribution in [2.45, 2.75) is 32.4 Å². The van der Waals surface area contributed by atoms with Gasteiger partial charge in [-0.05, 0) is 12.1 Å². The van der Waals surface area contributed by atoms with E-state index in [9.17, 15) is 4.39 Å². The van der Waals surface area contributed by atoms with Crippen LogP contribution in [0.3, 0.4) is 0 Å². The van der Waals surface area contributed by atoms with Crippen LogP contribution in [-0.4, -0.2) is 24.2 Å². The maximum absolute atomic E-state index is 13.7. The van der Waals surface area contributed by atoms with Crippen molar-refractivity contribution in [2.24, 2.45) is 0 Å². The van der Waals surface area contributed by atoms with Crippen molar-refractivity contribution in [3.8, 4) is 0 Å². The highest BCUT2D eigenvalue weighted by Gasteiger charge is 2.13. The molecule has 0 spiro atoms. The first-order chi connectivity index (χ1) is 8.88. The monoisotopic (exact) mass is 300 g/mol. The number of halogens is 2. The smallest absolute Gasteiger partial charge is 0.169 e. The van der Waals surface area contributed by atoms with E-state index in [1.165, 1.54) is 0 Å². The molecule has 2 aromatic heterocycles. The predicted octanol–water partition coefficient (Wildman–Crippen LogP) is 4.14. The Bertz CT molecular complexity index is 580. The fourth-order valence-electron chi connectivity index (χ4n) is 1.75. The molecule has 0 atom stereocenters. The second kappa shape index (κ2) is 5.61. The van der Waals surface area contributed by atoms with Crippen LogP contribution in [0, 0.1) is 5.82 Å². The predicted molar refractivity (Wildman–Crippen MR) is 78.8 cm³/mol. The van der Waals surface area contributed by atoms with E-state index in [0.29, 0.717) is 17.6 Å². The first kappa shape index (κ1) is 14.5. The lowest BCUT2D eigenvalue weighted by Gasteiger charge is -2.15. The van der Waals surface area contributed by atoms with Gasteiger partial charge < -0.3 is 9.30 Å². The molecule has 0 aliphatic rings. The van der Waals surface area contributed by atoms with Crippen LogP contribution < -0.4 is 0 Å². The zero-order chi connectivity index (χ0) is 14.0. The maximum atomic E-state index is 13.7. The zero-order valence-electron chi connectivity index (χ0n) is 11.4. The topological polar surface area (TPSA) is 27.1 Å². The molecule has 0 aliphatic carbocycles. The average Bonchev–Trinajstić information content (AvgIpc) is 2.72. The number of fused-ring (bicyclic) bond motifs is 1. The molecular weight excluding hydrogens is 283 g/mol. The molecule has 0 unspecified atom stereocenters. The van der Waals surface area contributed by atoms with E-state index < -0.39 is 13.9 Å². The normalized spacial score (nSPS) is 12.3. The molecule has 0 saturated heterocycles. The highest BCUT2D eigenvalue weighted by Crippen LogP contribution is 2.23. The molecule has 0 aliphatic heterocycles. The van der Waals surface area contributed by atoms with E-state index in [1.54, 1.807) is 18.5 Å². The molecule has 104 valence electrons. The summed E-state index contributed by atoms with van der Waals surface area (Å²) in [7, 11) is -1.07. The molecule has 0 N–H and O–H groups in total. The molecule has 0 radical (unpaired) electrons. The largest absolute Gasteiger partial charge is 0.361 e. The number of pyridine rings is 1. The second-order valence-electron chi connectivity index (χ2n) is 5.80. The molecule has 19 heavy (non-hydrogen) atoms.